The van der Waals surface area contributed by atoms with Crippen molar-refractivity contribution in [1.29, 1.82) is 0 Å². The summed E-state index contributed by atoms with van der Waals surface area (Å²) < 4.78 is 30.1. The molecule has 7 heteroatoms. The second-order valence-corrected chi connectivity index (χ2v) is 7.40. The maximum Gasteiger partial charge on any atom is 0.242 e. The zero-order valence-electron chi connectivity index (χ0n) is 12.9. The van der Waals surface area contributed by atoms with E-state index in [9.17, 15) is 13.2 Å². The van der Waals surface area contributed by atoms with Crippen molar-refractivity contribution in [1.82, 2.24) is 4.31 Å². The predicted molar refractivity (Wildman–Crippen MR) is 85.0 cm³/mol. The van der Waals surface area contributed by atoms with Gasteiger partial charge in [-0.2, -0.15) is 4.31 Å². The van der Waals surface area contributed by atoms with Crippen LogP contribution in [0.3, 0.4) is 0 Å². The van der Waals surface area contributed by atoms with Crippen LogP contribution in [-0.2, 0) is 26.2 Å². The Morgan fingerprint density at radius 1 is 1.36 bits per heavy atom. The van der Waals surface area contributed by atoms with Crippen LogP contribution in [0.4, 0.5) is 5.69 Å². The molecule has 1 atom stereocenters. The summed E-state index contributed by atoms with van der Waals surface area (Å²) in [5.74, 6) is -0.284. The SMILES string of the molecule is COCc1ccccc1NC(=O)[C@H]1CCCCN1S(C)(=O)=O. The van der Waals surface area contributed by atoms with E-state index < -0.39 is 16.1 Å². The van der Waals surface area contributed by atoms with E-state index in [1.54, 1.807) is 13.2 Å². The third kappa shape index (κ3) is 4.06. The van der Waals surface area contributed by atoms with Gasteiger partial charge in [0.2, 0.25) is 15.9 Å². The number of hydrogen-bond acceptors (Lipinski definition) is 4. The first kappa shape index (κ1) is 16.9. The predicted octanol–water partition coefficient (Wildman–Crippen LogP) is 1.59. The molecule has 1 aliphatic heterocycles. The normalized spacial score (nSPS) is 19.8. The average Bonchev–Trinajstić information content (AvgIpc) is 2.48. The molecule has 1 N–H and O–H groups in total. The number of ether oxygens (including phenoxy) is 1. The van der Waals surface area contributed by atoms with E-state index in [1.165, 1.54) is 4.31 Å². The van der Waals surface area contributed by atoms with E-state index in [2.05, 4.69) is 5.32 Å². The zero-order valence-corrected chi connectivity index (χ0v) is 13.7. The van der Waals surface area contributed by atoms with E-state index in [4.69, 9.17) is 4.74 Å². The molecule has 0 radical (unpaired) electrons. The van der Waals surface area contributed by atoms with Crippen LogP contribution >= 0.6 is 0 Å². The first-order valence-corrected chi connectivity index (χ1v) is 9.13. The Hall–Kier alpha value is -1.44. The summed E-state index contributed by atoms with van der Waals surface area (Å²) in [6, 6.07) is 6.71. The molecule has 0 unspecified atom stereocenters. The number of carbonyl (C=O) groups is 1. The molecule has 1 aliphatic rings. The number of benzene rings is 1. The van der Waals surface area contributed by atoms with Crippen LogP contribution in [-0.4, -0.2) is 44.6 Å². The molecule has 1 saturated heterocycles. The number of para-hydroxylation sites is 1. The van der Waals surface area contributed by atoms with Crippen LogP contribution in [0.2, 0.25) is 0 Å². The number of carbonyl (C=O) groups excluding carboxylic acids is 1. The molecule has 0 aliphatic carbocycles. The van der Waals surface area contributed by atoms with E-state index in [0.29, 0.717) is 25.3 Å². The molecule has 2 rings (SSSR count). The van der Waals surface area contributed by atoms with Crippen molar-refractivity contribution in [2.45, 2.75) is 31.9 Å². The Morgan fingerprint density at radius 2 is 2.09 bits per heavy atom. The molecular weight excluding hydrogens is 304 g/mol. The number of anilines is 1. The van der Waals surface area contributed by atoms with Crippen LogP contribution < -0.4 is 5.32 Å². The minimum absolute atomic E-state index is 0.284. The summed E-state index contributed by atoms with van der Waals surface area (Å²) in [5.41, 5.74) is 1.52. The van der Waals surface area contributed by atoms with E-state index in [-0.39, 0.29) is 5.91 Å². The van der Waals surface area contributed by atoms with Crippen LogP contribution in [0, 0.1) is 0 Å². The van der Waals surface area contributed by atoms with Crippen LogP contribution in [0.1, 0.15) is 24.8 Å². The lowest BCUT2D eigenvalue weighted by molar-refractivity contribution is -0.120. The molecule has 0 saturated carbocycles. The number of nitrogens with one attached hydrogen (secondary N) is 1. The Balaban J connectivity index is 2.17. The largest absolute Gasteiger partial charge is 0.380 e. The Bertz CT molecular complexity index is 630. The maximum atomic E-state index is 12.5. The first-order valence-electron chi connectivity index (χ1n) is 7.28. The number of amides is 1. The molecule has 0 bridgehead atoms. The van der Waals surface area contributed by atoms with Crippen molar-refractivity contribution in [3.63, 3.8) is 0 Å². The third-order valence-corrected chi connectivity index (χ3v) is 5.05. The molecule has 1 amide bonds. The van der Waals surface area contributed by atoms with Gasteiger partial charge >= 0.3 is 0 Å². The van der Waals surface area contributed by atoms with Crippen molar-refractivity contribution >= 4 is 21.6 Å². The lowest BCUT2D eigenvalue weighted by Crippen LogP contribution is -2.49. The van der Waals surface area contributed by atoms with Crippen LogP contribution in [0.15, 0.2) is 24.3 Å². The summed E-state index contributed by atoms with van der Waals surface area (Å²) in [6.45, 7) is 0.785. The lowest BCUT2D eigenvalue weighted by atomic mass is 10.0. The number of sulfonamides is 1. The third-order valence-electron chi connectivity index (χ3n) is 3.76. The molecule has 1 heterocycles. The molecule has 6 nitrogen and oxygen atoms in total. The molecule has 0 spiro atoms. The van der Waals surface area contributed by atoms with Gasteiger partial charge in [0.05, 0.1) is 12.9 Å². The summed E-state index contributed by atoms with van der Waals surface area (Å²) in [4.78, 5) is 12.5. The van der Waals surface area contributed by atoms with Gasteiger partial charge in [-0.25, -0.2) is 8.42 Å². The van der Waals surface area contributed by atoms with Crippen molar-refractivity contribution in [2.75, 3.05) is 25.2 Å². The van der Waals surface area contributed by atoms with Crippen molar-refractivity contribution in [3.8, 4) is 0 Å². The number of hydrogen-bond donors (Lipinski definition) is 1. The van der Waals surface area contributed by atoms with Gasteiger partial charge in [0.25, 0.3) is 0 Å². The summed E-state index contributed by atoms with van der Waals surface area (Å²) in [5, 5.41) is 2.84. The van der Waals surface area contributed by atoms with Crippen LogP contribution in [0.25, 0.3) is 0 Å². The fourth-order valence-corrected chi connectivity index (χ4v) is 3.83. The molecule has 1 aromatic carbocycles. The highest BCUT2D eigenvalue weighted by Crippen LogP contribution is 2.23. The first-order chi connectivity index (χ1) is 10.4. The minimum Gasteiger partial charge on any atom is -0.380 e. The van der Waals surface area contributed by atoms with Gasteiger partial charge in [-0.15, -0.1) is 0 Å². The average molecular weight is 326 g/mol. The standard InChI is InChI=1S/C15H22N2O4S/c1-21-11-12-7-3-4-8-13(12)16-15(18)14-9-5-6-10-17(14)22(2,19)20/h3-4,7-8,14H,5-6,9-11H2,1-2H3,(H,16,18)/t14-/m1/s1. The van der Waals surface area contributed by atoms with Crippen molar-refractivity contribution in [3.05, 3.63) is 29.8 Å². The summed E-state index contributed by atoms with van der Waals surface area (Å²) in [6.07, 6.45) is 3.34. The van der Waals surface area contributed by atoms with E-state index in [1.807, 2.05) is 18.2 Å². The van der Waals surface area contributed by atoms with Crippen molar-refractivity contribution < 1.29 is 17.9 Å². The van der Waals surface area contributed by atoms with Gasteiger partial charge in [0.1, 0.15) is 6.04 Å². The molecule has 1 aromatic rings. The quantitative estimate of drug-likeness (QED) is 0.891. The molecule has 22 heavy (non-hydrogen) atoms. The van der Waals surface area contributed by atoms with Crippen LogP contribution in [0.5, 0.6) is 0 Å². The highest BCUT2D eigenvalue weighted by Gasteiger charge is 2.34. The van der Waals surface area contributed by atoms with Gasteiger partial charge in [-0.3, -0.25) is 4.79 Å². The number of nitrogens with zero attached hydrogens (tertiary/aromatic N) is 1. The maximum absolute atomic E-state index is 12.5. The Kier molecular flexibility index (Phi) is 5.55. The Morgan fingerprint density at radius 3 is 2.77 bits per heavy atom. The van der Waals surface area contributed by atoms with Crippen molar-refractivity contribution in [2.24, 2.45) is 0 Å². The molecular formula is C15H22N2O4S. The van der Waals surface area contributed by atoms with Gasteiger partial charge in [0, 0.05) is 24.9 Å². The molecule has 122 valence electrons. The fraction of sp³-hybridized carbons (Fsp3) is 0.533. The highest BCUT2D eigenvalue weighted by molar-refractivity contribution is 7.88. The smallest absolute Gasteiger partial charge is 0.242 e. The van der Waals surface area contributed by atoms with Gasteiger partial charge in [-0.1, -0.05) is 24.6 Å². The highest BCUT2D eigenvalue weighted by atomic mass is 32.2. The van der Waals surface area contributed by atoms with Gasteiger partial charge < -0.3 is 10.1 Å². The van der Waals surface area contributed by atoms with Gasteiger partial charge in [0.15, 0.2) is 0 Å². The zero-order chi connectivity index (χ0) is 16.2. The summed E-state index contributed by atoms with van der Waals surface area (Å²) in [7, 11) is -1.80. The second kappa shape index (κ2) is 7.21. The molecule has 1 fully saturated rings. The number of rotatable bonds is 5. The van der Waals surface area contributed by atoms with E-state index >= 15 is 0 Å². The topological polar surface area (TPSA) is 75.7 Å². The Labute approximate surface area is 131 Å². The lowest BCUT2D eigenvalue weighted by Gasteiger charge is -2.32. The molecule has 0 aromatic heterocycles. The van der Waals surface area contributed by atoms with E-state index in [0.717, 1.165) is 24.7 Å². The minimum atomic E-state index is -3.38. The van der Waals surface area contributed by atoms with Gasteiger partial charge in [-0.05, 0) is 18.9 Å². The number of methoxy groups -OCH3 is 1. The fourth-order valence-electron chi connectivity index (χ4n) is 2.70. The second-order valence-electron chi connectivity index (χ2n) is 5.46. The summed E-state index contributed by atoms with van der Waals surface area (Å²) >= 11 is 0. The number of piperidine rings is 1. The monoisotopic (exact) mass is 326 g/mol.